The number of ether oxygens (including phenoxy) is 1. The summed E-state index contributed by atoms with van der Waals surface area (Å²) in [6.45, 7) is 6.28. The molecule has 1 saturated heterocycles. The topological polar surface area (TPSA) is 66.8 Å². The summed E-state index contributed by atoms with van der Waals surface area (Å²) in [4.78, 5) is 28.2. The third-order valence-electron chi connectivity index (χ3n) is 6.47. The van der Waals surface area contributed by atoms with Gasteiger partial charge in [-0.15, -0.1) is 0 Å². The maximum Gasteiger partial charge on any atom is 0.174 e. The maximum atomic E-state index is 13.2. The van der Waals surface area contributed by atoms with E-state index in [0.717, 1.165) is 24.1 Å². The SMILES string of the molecule is CCCCC1=C(C)C(=O)[C@@](C)(CN2c3ccccc3[C@]3(O)CCOC23)C1=O. The summed E-state index contributed by atoms with van der Waals surface area (Å²) in [6.07, 6.45) is 2.51. The molecular formula is C22H27NO4. The molecule has 0 radical (unpaired) electrons. The van der Waals surface area contributed by atoms with Crippen molar-refractivity contribution in [1.29, 1.82) is 0 Å². The third-order valence-corrected chi connectivity index (χ3v) is 6.47. The fourth-order valence-electron chi connectivity index (χ4n) is 4.88. The molecule has 1 unspecified atom stereocenters. The van der Waals surface area contributed by atoms with Crippen molar-refractivity contribution in [1.82, 2.24) is 0 Å². The van der Waals surface area contributed by atoms with Gasteiger partial charge in [0.25, 0.3) is 0 Å². The zero-order valence-corrected chi connectivity index (χ0v) is 16.2. The summed E-state index contributed by atoms with van der Waals surface area (Å²) < 4.78 is 5.86. The van der Waals surface area contributed by atoms with E-state index in [0.29, 0.717) is 30.6 Å². The van der Waals surface area contributed by atoms with Crippen molar-refractivity contribution in [3.05, 3.63) is 41.0 Å². The lowest BCUT2D eigenvalue weighted by Gasteiger charge is -2.34. The van der Waals surface area contributed by atoms with Crippen molar-refractivity contribution < 1.29 is 19.4 Å². The Balaban J connectivity index is 1.68. The highest BCUT2D eigenvalue weighted by Crippen LogP contribution is 2.51. The van der Waals surface area contributed by atoms with Crippen LogP contribution in [0.1, 0.15) is 52.0 Å². The van der Waals surface area contributed by atoms with Gasteiger partial charge in [0.05, 0.1) is 6.61 Å². The van der Waals surface area contributed by atoms with Crippen LogP contribution in [-0.4, -0.2) is 36.1 Å². The molecule has 1 aromatic rings. The minimum Gasteiger partial charge on any atom is -0.380 e. The molecule has 0 aromatic heterocycles. The summed E-state index contributed by atoms with van der Waals surface area (Å²) in [6, 6.07) is 7.65. The number of Topliss-reactive ketones (excluding diaryl/α,β-unsaturated/α-hetero) is 2. The highest BCUT2D eigenvalue weighted by atomic mass is 16.5. The van der Waals surface area contributed by atoms with Gasteiger partial charge in [0, 0.05) is 29.8 Å². The van der Waals surface area contributed by atoms with Crippen molar-refractivity contribution in [2.24, 2.45) is 5.41 Å². The standard InChI is InChI=1S/C22H27NO4/c1-4-5-8-15-14(2)18(24)21(3,19(15)25)13-23-17-10-7-6-9-16(17)22(26)11-12-27-20(22)23/h6-7,9-10,20,26H,4-5,8,11-13H2,1-3H3/t20?,21-,22-/m1/s1. The number of unbranched alkanes of at least 4 members (excludes halogenated alkanes) is 1. The van der Waals surface area contributed by atoms with E-state index >= 15 is 0 Å². The number of anilines is 1. The Hall–Kier alpha value is -1.98. The molecular weight excluding hydrogens is 342 g/mol. The molecule has 2 heterocycles. The first-order valence-electron chi connectivity index (χ1n) is 9.84. The van der Waals surface area contributed by atoms with Gasteiger partial charge in [0.2, 0.25) is 0 Å². The van der Waals surface area contributed by atoms with Crippen molar-refractivity contribution in [3.8, 4) is 0 Å². The van der Waals surface area contributed by atoms with Crippen LogP contribution in [0, 0.1) is 5.41 Å². The lowest BCUT2D eigenvalue weighted by molar-refractivity contribution is -0.133. The smallest absolute Gasteiger partial charge is 0.174 e. The molecule has 27 heavy (non-hydrogen) atoms. The molecule has 3 atom stereocenters. The Labute approximate surface area is 160 Å². The van der Waals surface area contributed by atoms with Crippen molar-refractivity contribution in [3.63, 3.8) is 0 Å². The number of hydrogen-bond acceptors (Lipinski definition) is 5. The summed E-state index contributed by atoms with van der Waals surface area (Å²) in [7, 11) is 0. The van der Waals surface area contributed by atoms with Gasteiger partial charge in [0.1, 0.15) is 11.0 Å². The normalized spacial score (nSPS) is 32.4. The first-order chi connectivity index (χ1) is 12.8. The Morgan fingerprint density at radius 3 is 2.74 bits per heavy atom. The van der Waals surface area contributed by atoms with Crippen molar-refractivity contribution in [2.75, 3.05) is 18.1 Å². The van der Waals surface area contributed by atoms with Crippen LogP contribution in [-0.2, 0) is 19.9 Å². The molecule has 1 fully saturated rings. The van der Waals surface area contributed by atoms with Crippen LogP contribution in [0.25, 0.3) is 0 Å². The van der Waals surface area contributed by atoms with Crippen LogP contribution < -0.4 is 4.90 Å². The zero-order chi connectivity index (χ0) is 19.4. The molecule has 0 amide bonds. The van der Waals surface area contributed by atoms with E-state index in [-0.39, 0.29) is 18.1 Å². The molecule has 0 bridgehead atoms. The third kappa shape index (κ3) is 2.44. The van der Waals surface area contributed by atoms with Crippen LogP contribution >= 0.6 is 0 Å². The number of carbonyl (C=O) groups excluding carboxylic acids is 2. The molecule has 4 rings (SSSR count). The molecule has 3 aliphatic rings. The number of para-hydroxylation sites is 1. The van der Waals surface area contributed by atoms with E-state index in [1.807, 2.05) is 29.2 Å². The van der Waals surface area contributed by atoms with Gasteiger partial charge >= 0.3 is 0 Å². The number of allylic oxidation sites excluding steroid dienone is 2. The number of rotatable bonds is 5. The Kier molecular flexibility index (Phi) is 4.28. The second-order valence-electron chi connectivity index (χ2n) is 8.24. The summed E-state index contributed by atoms with van der Waals surface area (Å²) in [5, 5.41) is 11.2. The largest absolute Gasteiger partial charge is 0.380 e. The van der Waals surface area contributed by atoms with E-state index in [1.165, 1.54) is 0 Å². The summed E-state index contributed by atoms with van der Waals surface area (Å²) >= 11 is 0. The van der Waals surface area contributed by atoms with Gasteiger partial charge < -0.3 is 14.7 Å². The molecule has 1 aliphatic carbocycles. The second-order valence-corrected chi connectivity index (χ2v) is 8.24. The van der Waals surface area contributed by atoms with E-state index in [9.17, 15) is 14.7 Å². The molecule has 2 aliphatic heterocycles. The summed E-state index contributed by atoms with van der Waals surface area (Å²) in [5.41, 5.74) is 0.754. The lowest BCUT2D eigenvalue weighted by Crippen LogP contribution is -2.50. The molecule has 5 nitrogen and oxygen atoms in total. The Morgan fingerprint density at radius 1 is 1.26 bits per heavy atom. The molecule has 1 N–H and O–H groups in total. The second kappa shape index (κ2) is 6.28. The van der Waals surface area contributed by atoms with Crippen molar-refractivity contribution in [2.45, 2.75) is 58.3 Å². The monoisotopic (exact) mass is 369 g/mol. The molecule has 5 heteroatoms. The summed E-state index contributed by atoms with van der Waals surface area (Å²) in [5.74, 6) is -0.158. The van der Waals surface area contributed by atoms with E-state index in [2.05, 4.69) is 6.92 Å². The fraction of sp³-hybridized carbons (Fsp3) is 0.545. The fourth-order valence-corrected chi connectivity index (χ4v) is 4.88. The molecule has 144 valence electrons. The number of hydrogen-bond donors (Lipinski definition) is 1. The average molecular weight is 369 g/mol. The first-order valence-corrected chi connectivity index (χ1v) is 9.84. The number of ketones is 2. The van der Waals surface area contributed by atoms with Crippen LogP contribution in [0.3, 0.4) is 0 Å². The molecule has 0 saturated carbocycles. The predicted octanol–water partition coefficient (Wildman–Crippen LogP) is 3.11. The lowest BCUT2D eigenvalue weighted by atomic mass is 9.82. The Bertz CT molecular complexity index is 844. The van der Waals surface area contributed by atoms with Gasteiger partial charge in [-0.2, -0.15) is 0 Å². The zero-order valence-electron chi connectivity index (χ0n) is 16.2. The number of fused-ring (bicyclic) bond motifs is 3. The number of carbonyl (C=O) groups is 2. The van der Waals surface area contributed by atoms with Gasteiger partial charge in [0.15, 0.2) is 17.8 Å². The van der Waals surface area contributed by atoms with Crippen LogP contribution in [0.2, 0.25) is 0 Å². The van der Waals surface area contributed by atoms with Crippen LogP contribution in [0.15, 0.2) is 35.4 Å². The van der Waals surface area contributed by atoms with Crippen LogP contribution in [0.4, 0.5) is 5.69 Å². The first kappa shape index (κ1) is 18.4. The van der Waals surface area contributed by atoms with E-state index in [1.54, 1.807) is 13.8 Å². The van der Waals surface area contributed by atoms with Gasteiger partial charge in [-0.05, 0) is 38.3 Å². The van der Waals surface area contributed by atoms with Gasteiger partial charge in [-0.3, -0.25) is 9.59 Å². The predicted molar refractivity (Wildman–Crippen MR) is 102 cm³/mol. The quantitative estimate of drug-likeness (QED) is 0.808. The van der Waals surface area contributed by atoms with Crippen LogP contribution in [0.5, 0.6) is 0 Å². The van der Waals surface area contributed by atoms with E-state index in [4.69, 9.17) is 4.74 Å². The minimum atomic E-state index is -1.13. The number of aliphatic hydroxyl groups is 1. The van der Waals surface area contributed by atoms with Crippen molar-refractivity contribution >= 4 is 17.3 Å². The Morgan fingerprint density at radius 2 is 2.00 bits per heavy atom. The van der Waals surface area contributed by atoms with Gasteiger partial charge in [-0.25, -0.2) is 0 Å². The highest BCUT2D eigenvalue weighted by molar-refractivity contribution is 6.27. The minimum absolute atomic E-state index is 0.0654. The number of nitrogens with zero attached hydrogens (tertiary/aromatic N) is 1. The van der Waals surface area contributed by atoms with E-state index < -0.39 is 17.2 Å². The molecule has 0 spiro atoms. The maximum absolute atomic E-state index is 13.2. The van der Waals surface area contributed by atoms with Gasteiger partial charge in [-0.1, -0.05) is 31.5 Å². The highest BCUT2D eigenvalue weighted by Gasteiger charge is 2.58. The molecule has 1 aromatic carbocycles. The number of benzene rings is 1. The average Bonchev–Trinajstić information content (AvgIpc) is 3.20.